The largest absolute Gasteiger partial charge is 0.353 e. The summed E-state index contributed by atoms with van der Waals surface area (Å²) in [5, 5.41) is 3.36. The van der Waals surface area contributed by atoms with E-state index in [0.717, 1.165) is 12.4 Å². The van der Waals surface area contributed by atoms with Crippen LogP contribution < -0.4 is 16.6 Å². The van der Waals surface area contributed by atoms with E-state index in [1.54, 1.807) is 0 Å². The Morgan fingerprint density at radius 2 is 1.88 bits per heavy atom. The number of nitrogens with one attached hydrogen (secondary N) is 2. The van der Waals surface area contributed by atoms with E-state index in [9.17, 15) is 0 Å². The first-order valence-corrected chi connectivity index (χ1v) is 6.92. The van der Waals surface area contributed by atoms with E-state index >= 15 is 0 Å². The molecule has 0 bridgehead atoms. The van der Waals surface area contributed by atoms with Crippen LogP contribution in [0, 0.1) is 5.92 Å². The Morgan fingerprint density at radius 1 is 1.24 bits per heavy atom. The minimum atomic E-state index is 0.411. The van der Waals surface area contributed by atoms with E-state index in [2.05, 4.69) is 36.5 Å². The number of hydrogen-bond acceptors (Lipinski definition) is 2. The first kappa shape index (κ1) is 14.3. The molecule has 100 valence electrons. The van der Waals surface area contributed by atoms with Gasteiger partial charge in [0.25, 0.3) is 0 Å². The first-order chi connectivity index (χ1) is 8.11. The first-order valence-electron chi connectivity index (χ1n) is 6.92. The SMILES string of the molecule is CC(C)CC(C)NC(=NC1CCCCC1)NN. The van der Waals surface area contributed by atoms with Gasteiger partial charge in [-0.1, -0.05) is 33.1 Å². The van der Waals surface area contributed by atoms with E-state index in [0.29, 0.717) is 18.0 Å². The summed E-state index contributed by atoms with van der Waals surface area (Å²) in [4.78, 5) is 4.67. The number of hydrogen-bond donors (Lipinski definition) is 3. The van der Waals surface area contributed by atoms with Crippen molar-refractivity contribution in [3.8, 4) is 0 Å². The fourth-order valence-corrected chi connectivity index (χ4v) is 2.51. The maximum atomic E-state index is 5.53. The van der Waals surface area contributed by atoms with Gasteiger partial charge < -0.3 is 5.32 Å². The molecule has 1 saturated carbocycles. The predicted molar refractivity (Wildman–Crippen MR) is 73.7 cm³/mol. The summed E-state index contributed by atoms with van der Waals surface area (Å²) in [6.45, 7) is 6.63. The summed E-state index contributed by atoms with van der Waals surface area (Å²) in [6.07, 6.45) is 7.48. The number of nitrogens with two attached hydrogens (primary N) is 1. The molecule has 0 aliphatic heterocycles. The Balaban J connectivity index is 2.42. The van der Waals surface area contributed by atoms with Crippen molar-refractivity contribution in [2.75, 3.05) is 0 Å². The van der Waals surface area contributed by atoms with E-state index in [4.69, 9.17) is 5.84 Å². The molecule has 1 fully saturated rings. The van der Waals surface area contributed by atoms with Crippen LogP contribution in [-0.4, -0.2) is 18.0 Å². The molecule has 0 amide bonds. The van der Waals surface area contributed by atoms with Crippen molar-refractivity contribution < 1.29 is 0 Å². The molecule has 1 atom stereocenters. The Morgan fingerprint density at radius 3 is 2.41 bits per heavy atom. The number of aliphatic imine (C=N–C) groups is 1. The summed E-state index contributed by atoms with van der Waals surface area (Å²) in [5.41, 5.74) is 2.69. The topological polar surface area (TPSA) is 62.4 Å². The summed E-state index contributed by atoms with van der Waals surface area (Å²) < 4.78 is 0. The van der Waals surface area contributed by atoms with Crippen molar-refractivity contribution in [1.29, 1.82) is 0 Å². The highest BCUT2D eigenvalue weighted by atomic mass is 15.3. The number of guanidine groups is 1. The van der Waals surface area contributed by atoms with Crippen LogP contribution >= 0.6 is 0 Å². The molecule has 0 radical (unpaired) electrons. The minimum absolute atomic E-state index is 0.411. The molecule has 1 rings (SSSR count). The van der Waals surface area contributed by atoms with Gasteiger partial charge in [-0.3, -0.25) is 5.43 Å². The summed E-state index contributed by atoms with van der Waals surface area (Å²) >= 11 is 0. The van der Waals surface area contributed by atoms with E-state index in [1.807, 2.05) is 0 Å². The fourth-order valence-electron chi connectivity index (χ4n) is 2.51. The molecule has 1 aliphatic carbocycles. The highest BCUT2D eigenvalue weighted by Gasteiger charge is 2.14. The van der Waals surface area contributed by atoms with E-state index < -0.39 is 0 Å². The maximum absolute atomic E-state index is 5.53. The van der Waals surface area contributed by atoms with E-state index in [-0.39, 0.29) is 0 Å². The van der Waals surface area contributed by atoms with Gasteiger partial charge in [0.1, 0.15) is 0 Å². The minimum Gasteiger partial charge on any atom is -0.353 e. The van der Waals surface area contributed by atoms with Gasteiger partial charge in [-0.15, -0.1) is 0 Å². The number of hydrazine groups is 1. The lowest BCUT2D eigenvalue weighted by Crippen LogP contribution is -2.46. The van der Waals surface area contributed by atoms with Crippen LogP contribution in [-0.2, 0) is 0 Å². The molecule has 4 nitrogen and oxygen atoms in total. The lowest BCUT2D eigenvalue weighted by atomic mass is 9.96. The van der Waals surface area contributed by atoms with Gasteiger partial charge in [-0.25, -0.2) is 10.8 Å². The molecule has 0 aromatic carbocycles. The molecule has 4 N–H and O–H groups in total. The highest BCUT2D eigenvalue weighted by molar-refractivity contribution is 5.79. The third-order valence-corrected chi connectivity index (χ3v) is 3.23. The molecule has 0 saturated heterocycles. The summed E-state index contributed by atoms with van der Waals surface area (Å²) in [7, 11) is 0. The number of rotatable bonds is 4. The molecular weight excluding hydrogens is 212 g/mol. The third-order valence-electron chi connectivity index (χ3n) is 3.23. The molecule has 1 unspecified atom stereocenters. The van der Waals surface area contributed by atoms with Gasteiger partial charge >= 0.3 is 0 Å². The standard InChI is InChI=1S/C13H28N4/c1-10(2)9-11(3)15-13(17-14)16-12-7-5-4-6-8-12/h10-12H,4-9,14H2,1-3H3,(H2,15,16,17). The van der Waals surface area contributed by atoms with Gasteiger partial charge in [0.2, 0.25) is 5.96 Å². The van der Waals surface area contributed by atoms with Crippen molar-refractivity contribution in [3.05, 3.63) is 0 Å². The quantitative estimate of drug-likeness (QED) is 0.305. The summed E-state index contributed by atoms with van der Waals surface area (Å²) in [6, 6.07) is 0.863. The maximum Gasteiger partial charge on any atom is 0.206 e. The molecule has 0 aromatic rings. The number of nitrogens with zero attached hydrogens (tertiary/aromatic N) is 1. The zero-order chi connectivity index (χ0) is 12.7. The molecular formula is C13H28N4. The molecule has 4 heteroatoms. The van der Waals surface area contributed by atoms with Crippen LogP contribution in [0.25, 0.3) is 0 Å². The van der Waals surface area contributed by atoms with Crippen molar-refractivity contribution in [3.63, 3.8) is 0 Å². The Hall–Kier alpha value is -0.770. The van der Waals surface area contributed by atoms with Crippen molar-refractivity contribution >= 4 is 5.96 Å². The van der Waals surface area contributed by atoms with Gasteiger partial charge in [0, 0.05) is 6.04 Å². The average molecular weight is 240 g/mol. The lowest BCUT2D eigenvalue weighted by Gasteiger charge is -2.22. The molecule has 1 aliphatic rings. The van der Waals surface area contributed by atoms with Crippen LogP contribution in [0.15, 0.2) is 4.99 Å². The molecule has 17 heavy (non-hydrogen) atoms. The lowest BCUT2D eigenvalue weighted by molar-refractivity contribution is 0.437. The van der Waals surface area contributed by atoms with Crippen LogP contribution in [0.3, 0.4) is 0 Å². The molecule has 0 spiro atoms. The third kappa shape index (κ3) is 5.91. The van der Waals surface area contributed by atoms with Crippen LogP contribution in [0.2, 0.25) is 0 Å². The van der Waals surface area contributed by atoms with Gasteiger partial charge in [-0.2, -0.15) is 0 Å². The zero-order valence-electron chi connectivity index (χ0n) is 11.5. The smallest absolute Gasteiger partial charge is 0.206 e. The average Bonchev–Trinajstić information content (AvgIpc) is 2.28. The van der Waals surface area contributed by atoms with E-state index in [1.165, 1.54) is 32.1 Å². The Labute approximate surface area is 105 Å². The Bertz CT molecular complexity index is 232. The van der Waals surface area contributed by atoms with Crippen LogP contribution in [0.1, 0.15) is 59.3 Å². The highest BCUT2D eigenvalue weighted by Crippen LogP contribution is 2.20. The summed E-state index contributed by atoms with van der Waals surface area (Å²) in [5.74, 6) is 6.97. The van der Waals surface area contributed by atoms with Gasteiger partial charge in [0.05, 0.1) is 6.04 Å². The zero-order valence-corrected chi connectivity index (χ0v) is 11.5. The second kappa shape index (κ2) is 7.54. The van der Waals surface area contributed by atoms with Crippen molar-refractivity contribution in [2.45, 2.75) is 71.4 Å². The van der Waals surface area contributed by atoms with Crippen molar-refractivity contribution in [2.24, 2.45) is 16.8 Å². The molecule has 0 heterocycles. The van der Waals surface area contributed by atoms with Gasteiger partial charge in [-0.05, 0) is 32.1 Å². The predicted octanol–water partition coefficient (Wildman–Crippen LogP) is 2.16. The van der Waals surface area contributed by atoms with Gasteiger partial charge in [0.15, 0.2) is 0 Å². The van der Waals surface area contributed by atoms with Crippen molar-refractivity contribution in [1.82, 2.24) is 10.7 Å². The Kier molecular flexibility index (Phi) is 6.34. The second-order valence-electron chi connectivity index (χ2n) is 5.59. The second-order valence-corrected chi connectivity index (χ2v) is 5.59. The van der Waals surface area contributed by atoms with Crippen LogP contribution in [0.4, 0.5) is 0 Å². The molecule has 0 aromatic heterocycles. The monoisotopic (exact) mass is 240 g/mol. The fraction of sp³-hybridized carbons (Fsp3) is 0.923. The van der Waals surface area contributed by atoms with Crippen LogP contribution in [0.5, 0.6) is 0 Å². The normalized spacial score (nSPS) is 20.4.